The molecule has 4 rings (SSSR count). The van der Waals surface area contributed by atoms with Crippen LogP contribution in [0.15, 0.2) is 42.6 Å². The van der Waals surface area contributed by atoms with E-state index in [1.807, 2.05) is 18.2 Å². The van der Waals surface area contributed by atoms with E-state index in [9.17, 15) is 9.18 Å². The first-order valence-electron chi connectivity index (χ1n) is 10.3. The topological polar surface area (TPSA) is 65.6 Å². The van der Waals surface area contributed by atoms with Crippen LogP contribution in [0, 0.1) is 12.7 Å². The van der Waals surface area contributed by atoms with Crippen LogP contribution in [0.1, 0.15) is 17.5 Å². The predicted molar refractivity (Wildman–Crippen MR) is 118 cm³/mol. The molecule has 7 heteroatoms. The molecule has 0 saturated carbocycles. The van der Waals surface area contributed by atoms with Crippen LogP contribution in [0.5, 0.6) is 0 Å². The molecular weight excluding hydrogens is 383 g/mol. The molecule has 0 radical (unpaired) electrons. The summed E-state index contributed by atoms with van der Waals surface area (Å²) in [6.07, 6.45) is 2.71. The minimum atomic E-state index is -0.365. The Morgan fingerprint density at radius 1 is 1.20 bits per heavy atom. The molecule has 2 heterocycles. The Labute approximate surface area is 176 Å². The molecule has 0 aliphatic carbocycles. The summed E-state index contributed by atoms with van der Waals surface area (Å²) in [5, 5.41) is 9.41. The first kappa shape index (κ1) is 20.4. The van der Waals surface area contributed by atoms with Gasteiger partial charge in [0.15, 0.2) is 0 Å². The molecule has 30 heavy (non-hydrogen) atoms. The summed E-state index contributed by atoms with van der Waals surface area (Å²) >= 11 is 0. The molecule has 2 aromatic carbocycles. The number of morpholine rings is 1. The largest absolute Gasteiger partial charge is 0.385 e. The molecule has 6 nitrogen and oxygen atoms in total. The van der Waals surface area contributed by atoms with Crippen LogP contribution in [0.3, 0.4) is 0 Å². The van der Waals surface area contributed by atoms with E-state index >= 15 is 0 Å². The van der Waals surface area contributed by atoms with Gasteiger partial charge in [-0.2, -0.15) is 0 Å². The average molecular weight is 410 g/mol. The number of carbonyl (C=O) groups is 1. The molecule has 1 amide bonds. The minimum Gasteiger partial charge on any atom is -0.385 e. The van der Waals surface area contributed by atoms with E-state index in [-0.39, 0.29) is 11.7 Å². The van der Waals surface area contributed by atoms with Gasteiger partial charge in [-0.1, -0.05) is 0 Å². The Bertz CT molecular complexity index is 954. The van der Waals surface area contributed by atoms with Crippen LogP contribution in [-0.2, 0) is 9.53 Å². The summed E-state index contributed by atoms with van der Waals surface area (Å²) in [5.41, 5.74) is 4.71. The number of rotatable bonds is 7. The Kier molecular flexibility index (Phi) is 6.30. The Hall–Kier alpha value is -2.90. The molecule has 158 valence electrons. The van der Waals surface area contributed by atoms with E-state index in [1.54, 1.807) is 12.3 Å². The normalized spacial score (nSPS) is 17.7. The molecule has 1 fully saturated rings. The zero-order valence-electron chi connectivity index (χ0n) is 17.1. The van der Waals surface area contributed by atoms with E-state index in [0.29, 0.717) is 16.8 Å². The Morgan fingerprint density at radius 3 is 2.83 bits per heavy atom. The lowest BCUT2D eigenvalue weighted by atomic mass is 10.1. The van der Waals surface area contributed by atoms with Crippen LogP contribution in [0.25, 0.3) is 5.57 Å². The number of halogens is 1. The average Bonchev–Trinajstić information content (AvgIpc) is 3.06. The van der Waals surface area contributed by atoms with Gasteiger partial charge in [0.1, 0.15) is 5.82 Å². The zero-order valence-corrected chi connectivity index (χ0v) is 17.1. The molecule has 0 aromatic heterocycles. The second kappa shape index (κ2) is 9.28. The number of nitrogens with zero attached hydrogens (tertiary/aromatic N) is 1. The number of hydrogen-bond acceptors (Lipinski definition) is 5. The minimum absolute atomic E-state index is 0.238. The molecule has 2 aliphatic heterocycles. The highest BCUT2D eigenvalue weighted by Crippen LogP contribution is 2.32. The Balaban J connectivity index is 1.33. The lowest BCUT2D eigenvalue weighted by molar-refractivity contribution is -0.110. The molecule has 0 atom stereocenters. The quantitative estimate of drug-likeness (QED) is 0.480. The zero-order chi connectivity index (χ0) is 20.9. The molecule has 0 unspecified atom stereocenters. The maximum atomic E-state index is 13.6. The third kappa shape index (κ3) is 4.80. The van der Waals surface area contributed by atoms with Crippen LogP contribution >= 0.6 is 0 Å². The molecule has 0 bridgehead atoms. The summed E-state index contributed by atoms with van der Waals surface area (Å²) in [6.45, 7) is 7.74. The monoisotopic (exact) mass is 410 g/mol. The molecule has 1 saturated heterocycles. The van der Waals surface area contributed by atoms with Crippen molar-refractivity contribution >= 4 is 28.5 Å². The first-order chi connectivity index (χ1) is 14.6. The third-order valence-corrected chi connectivity index (χ3v) is 5.44. The van der Waals surface area contributed by atoms with Gasteiger partial charge in [0.2, 0.25) is 0 Å². The van der Waals surface area contributed by atoms with Crippen LogP contribution in [-0.4, -0.2) is 50.2 Å². The summed E-state index contributed by atoms with van der Waals surface area (Å²) in [6, 6.07) is 10.3. The lowest BCUT2D eigenvalue weighted by Gasteiger charge is -2.26. The van der Waals surface area contributed by atoms with Crippen molar-refractivity contribution in [3.8, 4) is 0 Å². The number of benzene rings is 2. The molecule has 2 aromatic rings. The number of ether oxygens (including phenoxy) is 1. The van der Waals surface area contributed by atoms with Gasteiger partial charge >= 0.3 is 0 Å². The highest BCUT2D eigenvalue weighted by atomic mass is 19.1. The van der Waals surface area contributed by atoms with Gasteiger partial charge < -0.3 is 20.7 Å². The lowest BCUT2D eigenvalue weighted by Crippen LogP contribution is -2.37. The van der Waals surface area contributed by atoms with Crippen molar-refractivity contribution in [1.29, 1.82) is 0 Å². The van der Waals surface area contributed by atoms with Crippen LogP contribution in [0.4, 0.5) is 21.5 Å². The third-order valence-electron chi connectivity index (χ3n) is 5.44. The van der Waals surface area contributed by atoms with Gasteiger partial charge in [-0.15, -0.1) is 0 Å². The van der Waals surface area contributed by atoms with Gasteiger partial charge in [-0.3, -0.25) is 9.69 Å². The summed E-state index contributed by atoms with van der Waals surface area (Å²) in [5.74, 6) is -0.602. The van der Waals surface area contributed by atoms with Crippen LogP contribution in [0.2, 0.25) is 0 Å². The van der Waals surface area contributed by atoms with Gasteiger partial charge in [0, 0.05) is 48.5 Å². The van der Waals surface area contributed by atoms with Crippen molar-refractivity contribution in [2.75, 3.05) is 55.3 Å². The van der Waals surface area contributed by atoms with Crippen molar-refractivity contribution in [2.24, 2.45) is 0 Å². The van der Waals surface area contributed by atoms with Gasteiger partial charge in [-0.25, -0.2) is 4.39 Å². The number of aryl methyl sites for hydroxylation is 1. The van der Waals surface area contributed by atoms with Gasteiger partial charge in [0.25, 0.3) is 5.91 Å². The fourth-order valence-electron chi connectivity index (χ4n) is 3.76. The van der Waals surface area contributed by atoms with Crippen LogP contribution < -0.4 is 16.0 Å². The summed E-state index contributed by atoms with van der Waals surface area (Å²) < 4.78 is 18.9. The van der Waals surface area contributed by atoms with E-state index < -0.39 is 0 Å². The highest BCUT2D eigenvalue weighted by Gasteiger charge is 2.24. The molecule has 3 N–H and O–H groups in total. The van der Waals surface area contributed by atoms with Crippen molar-refractivity contribution < 1.29 is 13.9 Å². The maximum absolute atomic E-state index is 13.6. The second-order valence-electron chi connectivity index (χ2n) is 7.61. The van der Waals surface area contributed by atoms with E-state index in [1.165, 1.54) is 12.1 Å². The fraction of sp³-hybridized carbons (Fsp3) is 0.348. The number of hydrogen-bond donors (Lipinski definition) is 3. The predicted octanol–water partition coefficient (Wildman–Crippen LogP) is 3.67. The standard InChI is InChI=1S/C23H27FN4O2/c1-16-13-18(4-6-21(16)25-7-2-8-28-9-11-30-12-10-28)26-15-20-19-14-17(24)3-5-22(19)27-23(20)29/h3-6,13-15,25-26H,2,7-12H2,1H3,(H,27,29). The van der Waals surface area contributed by atoms with Gasteiger partial charge in [-0.05, 0) is 61.9 Å². The molecular formula is C23H27FN4O2. The SMILES string of the molecule is Cc1cc(NC=C2C(=O)Nc3ccc(F)cc32)ccc1NCCCN1CCOCC1. The summed E-state index contributed by atoms with van der Waals surface area (Å²) in [7, 11) is 0. The maximum Gasteiger partial charge on any atom is 0.257 e. The van der Waals surface area contributed by atoms with E-state index in [2.05, 4.69) is 27.8 Å². The Morgan fingerprint density at radius 2 is 2.03 bits per heavy atom. The fourth-order valence-corrected chi connectivity index (χ4v) is 3.76. The first-order valence-corrected chi connectivity index (χ1v) is 10.3. The number of anilines is 3. The van der Waals surface area contributed by atoms with E-state index in [0.717, 1.165) is 62.8 Å². The number of nitrogens with one attached hydrogen (secondary N) is 3. The van der Waals surface area contributed by atoms with Crippen molar-refractivity contribution in [1.82, 2.24) is 4.90 Å². The smallest absolute Gasteiger partial charge is 0.257 e. The number of fused-ring (bicyclic) bond motifs is 1. The van der Waals surface area contributed by atoms with Crippen molar-refractivity contribution in [2.45, 2.75) is 13.3 Å². The number of carbonyl (C=O) groups excluding carboxylic acids is 1. The highest BCUT2D eigenvalue weighted by molar-refractivity contribution is 6.31. The second-order valence-corrected chi connectivity index (χ2v) is 7.61. The van der Waals surface area contributed by atoms with Crippen molar-refractivity contribution in [3.63, 3.8) is 0 Å². The molecule has 0 spiro atoms. The number of amides is 1. The summed E-state index contributed by atoms with van der Waals surface area (Å²) in [4.78, 5) is 14.6. The van der Waals surface area contributed by atoms with Gasteiger partial charge in [0.05, 0.1) is 18.8 Å². The molecule has 2 aliphatic rings. The van der Waals surface area contributed by atoms with Crippen molar-refractivity contribution in [3.05, 3.63) is 59.5 Å². The van der Waals surface area contributed by atoms with E-state index in [4.69, 9.17) is 4.74 Å².